The number of ether oxygens (including phenoxy) is 1. The Morgan fingerprint density at radius 1 is 0.870 bits per heavy atom. The van der Waals surface area contributed by atoms with Crippen LogP contribution in [0.15, 0.2) is 54.6 Å². The molecule has 2 aromatic rings. The van der Waals surface area contributed by atoms with Crippen LogP contribution >= 0.6 is 0 Å². The Labute approximate surface area is 138 Å². The Hall–Kier alpha value is -1.84. The van der Waals surface area contributed by atoms with Crippen molar-refractivity contribution in [1.82, 2.24) is 10.2 Å². The zero-order valence-corrected chi connectivity index (χ0v) is 13.4. The van der Waals surface area contributed by atoms with E-state index in [1.807, 2.05) is 18.2 Å². The summed E-state index contributed by atoms with van der Waals surface area (Å²) in [7, 11) is 0. The standard InChI is InChI=1S/C20H24N2O/c1-2-4-17(5-3-1)15-23-20-8-6-16(7-9-20)12-22-13-18-10-21-11-19(18)14-22/h1-9,18-19,21H,10-15H2/t18-,19+. The average Bonchev–Trinajstić information content (AvgIpc) is 3.17. The fourth-order valence-corrected chi connectivity index (χ4v) is 3.77. The topological polar surface area (TPSA) is 24.5 Å². The van der Waals surface area contributed by atoms with E-state index in [2.05, 4.69) is 46.6 Å². The Morgan fingerprint density at radius 3 is 2.26 bits per heavy atom. The second kappa shape index (κ2) is 6.73. The van der Waals surface area contributed by atoms with Crippen molar-refractivity contribution in [3.05, 3.63) is 65.7 Å². The molecule has 0 amide bonds. The predicted molar refractivity (Wildman–Crippen MR) is 92.3 cm³/mol. The van der Waals surface area contributed by atoms with Crippen LogP contribution in [0.3, 0.4) is 0 Å². The van der Waals surface area contributed by atoms with E-state index < -0.39 is 0 Å². The van der Waals surface area contributed by atoms with Crippen LogP contribution in [0.1, 0.15) is 11.1 Å². The molecule has 2 aliphatic rings. The molecular weight excluding hydrogens is 284 g/mol. The number of hydrogen-bond donors (Lipinski definition) is 1. The lowest BCUT2D eigenvalue weighted by atomic mass is 10.0. The monoisotopic (exact) mass is 308 g/mol. The fourth-order valence-electron chi connectivity index (χ4n) is 3.77. The Kier molecular flexibility index (Phi) is 4.31. The molecule has 2 aromatic carbocycles. The van der Waals surface area contributed by atoms with Crippen LogP contribution in [0, 0.1) is 11.8 Å². The molecule has 2 fully saturated rings. The molecule has 0 radical (unpaired) electrons. The van der Waals surface area contributed by atoms with Gasteiger partial charge in [0.15, 0.2) is 0 Å². The summed E-state index contributed by atoms with van der Waals surface area (Å²) in [6, 6.07) is 18.9. The summed E-state index contributed by atoms with van der Waals surface area (Å²) < 4.78 is 5.86. The quantitative estimate of drug-likeness (QED) is 0.919. The fraction of sp³-hybridized carbons (Fsp3) is 0.400. The molecule has 120 valence electrons. The van der Waals surface area contributed by atoms with Crippen LogP contribution in [0.2, 0.25) is 0 Å². The van der Waals surface area contributed by atoms with Gasteiger partial charge in [0.2, 0.25) is 0 Å². The lowest BCUT2D eigenvalue weighted by Crippen LogP contribution is -2.25. The van der Waals surface area contributed by atoms with Gasteiger partial charge in [0.1, 0.15) is 12.4 Å². The molecule has 2 atom stereocenters. The highest BCUT2D eigenvalue weighted by atomic mass is 16.5. The molecule has 2 aliphatic heterocycles. The van der Waals surface area contributed by atoms with E-state index >= 15 is 0 Å². The van der Waals surface area contributed by atoms with Gasteiger partial charge in [-0.05, 0) is 48.2 Å². The second-order valence-corrected chi connectivity index (χ2v) is 6.79. The molecule has 4 rings (SSSR count). The summed E-state index contributed by atoms with van der Waals surface area (Å²) >= 11 is 0. The molecule has 0 spiro atoms. The highest BCUT2D eigenvalue weighted by molar-refractivity contribution is 5.28. The second-order valence-electron chi connectivity index (χ2n) is 6.79. The number of hydrogen-bond acceptors (Lipinski definition) is 3. The third-order valence-corrected chi connectivity index (χ3v) is 5.04. The average molecular weight is 308 g/mol. The molecule has 0 saturated carbocycles. The smallest absolute Gasteiger partial charge is 0.119 e. The maximum atomic E-state index is 5.86. The Bertz CT molecular complexity index is 614. The van der Waals surface area contributed by atoms with E-state index in [4.69, 9.17) is 4.74 Å². The van der Waals surface area contributed by atoms with Crippen molar-refractivity contribution in [3.8, 4) is 5.75 Å². The van der Waals surface area contributed by atoms with E-state index in [9.17, 15) is 0 Å². The highest BCUT2D eigenvalue weighted by Gasteiger charge is 2.35. The van der Waals surface area contributed by atoms with Crippen LogP contribution in [0.4, 0.5) is 0 Å². The van der Waals surface area contributed by atoms with Gasteiger partial charge in [-0.2, -0.15) is 0 Å². The predicted octanol–water partition coefficient (Wildman–Crippen LogP) is 2.92. The summed E-state index contributed by atoms with van der Waals surface area (Å²) in [6.45, 7) is 6.57. The summed E-state index contributed by atoms with van der Waals surface area (Å²) in [5, 5.41) is 3.50. The Morgan fingerprint density at radius 2 is 1.57 bits per heavy atom. The number of nitrogens with one attached hydrogen (secondary N) is 1. The first-order chi connectivity index (χ1) is 11.4. The maximum Gasteiger partial charge on any atom is 0.119 e. The minimum Gasteiger partial charge on any atom is -0.489 e. The van der Waals surface area contributed by atoms with E-state index in [-0.39, 0.29) is 0 Å². The van der Waals surface area contributed by atoms with Gasteiger partial charge < -0.3 is 10.1 Å². The van der Waals surface area contributed by atoms with Gasteiger partial charge >= 0.3 is 0 Å². The van der Waals surface area contributed by atoms with Gasteiger partial charge in [0.25, 0.3) is 0 Å². The lowest BCUT2D eigenvalue weighted by molar-refractivity contribution is 0.301. The minimum absolute atomic E-state index is 0.628. The number of nitrogens with zero attached hydrogens (tertiary/aromatic N) is 1. The first-order valence-corrected chi connectivity index (χ1v) is 8.55. The molecule has 2 heterocycles. The molecule has 23 heavy (non-hydrogen) atoms. The first-order valence-electron chi connectivity index (χ1n) is 8.55. The van der Waals surface area contributed by atoms with Gasteiger partial charge in [0.05, 0.1) is 0 Å². The van der Waals surface area contributed by atoms with Gasteiger partial charge in [-0.25, -0.2) is 0 Å². The van der Waals surface area contributed by atoms with Crippen LogP contribution in [0.5, 0.6) is 5.75 Å². The zero-order chi connectivity index (χ0) is 15.5. The van der Waals surface area contributed by atoms with E-state index in [1.54, 1.807) is 0 Å². The summed E-state index contributed by atoms with van der Waals surface area (Å²) in [4.78, 5) is 2.59. The molecule has 2 saturated heterocycles. The Balaban J connectivity index is 1.30. The van der Waals surface area contributed by atoms with Crippen LogP contribution in [0.25, 0.3) is 0 Å². The molecular formula is C20H24N2O. The molecule has 0 aromatic heterocycles. The molecule has 0 bridgehead atoms. The van der Waals surface area contributed by atoms with Gasteiger partial charge in [-0.3, -0.25) is 4.90 Å². The van der Waals surface area contributed by atoms with Crippen LogP contribution < -0.4 is 10.1 Å². The maximum absolute atomic E-state index is 5.86. The van der Waals surface area contributed by atoms with Crippen LogP contribution in [-0.4, -0.2) is 31.1 Å². The SMILES string of the molecule is c1ccc(COc2ccc(CN3C[C@H]4CNC[C@H]4C3)cc2)cc1. The lowest BCUT2D eigenvalue weighted by Gasteiger charge is -2.17. The number of benzene rings is 2. The number of fused-ring (bicyclic) bond motifs is 1. The normalized spacial score (nSPS) is 23.8. The van der Waals surface area contributed by atoms with Crippen molar-refractivity contribution in [2.24, 2.45) is 11.8 Å². The van der Waals surface area contributed by atoms with Gasteiger partial charge in [-0.15, -0.1) is 0 Å². The van der Waals surface area contributed by atoms with E-state index in [1.165, 1.54) is 37.3 Å². The first kappa shape index (κ1) is 14.7. The van der Waals surface area contributed by atoms with Gasteiger partial charge in [0, 0.05) is 19.6 Å². The summed E-state index contributed by atoms with van der Waals surface area (Å²) in [5.41, 5.74) is 2.58. The van der Waals surface area contributed by atoms with Crippen molar-refractivity contribution >= 4 is 0 Å². The summed E-state index contributed by atoms with van der Waals surface area (Å²) in [6.07, 6.45) is 0. The number of rotatable bonds is 5. The van der Waals surface area contributed by atoms with Crippen molar-refractivity contribution in [1.29, 1.82) is 0 Å². The highest BCUT2D eigenvalue weighted by Crippen LogP contribution is 2.27. The third-order valence-electron chi connectivity index (χ3n) is 5.04. The molecule has 3 heteroatoms. The zero-order valence-electron chi connectivity index (χ0n) is 13.4. The van der Waals surface area contributed by atoms with Crippen molar-refractivity contribution < 1.29 is 4.74 Å². The van der Waals surface area contributed by atoms with E-state index in [0.29, 0.717) is 6.61 Å². The molecule has 0 unspecified atom stereocenters. The molecule has 1 N–H and O–H groups in total. The minimum atomic E-state index is 0.628. The van der Waals surface area contributed by atoms with Crippen molar-refractivity contribution in [2.75, 3.05) is 26.2 Å². The van der Waals surface area contributed by atoms with Gasteiger partial charge in [-0.1, -0.05) is 42.5 Å². The van der Waals surface area contributed by atoms with Crippen molar-refractivity contribution in [2.45, 2.75) is 13.2 Å². The molecule has 3 nitrogen and oxygen atoms in total. The van der Waals surface area contributed by atoms with E-state index in [0.717, 1.165) is 24.1 Å². The summed E-state index contributed by atoms with van der Waals surface area (Å²) in [5.74, 6) is 2.67. The molecule has 0 aliphatic carbocycles. The van der Waals surface area contributed by atoms with Crippen molar-refractivity contribution in [3.63, 3.8) is 0 Å². The third kappa shape index (κ3) is 3.57. The van der Waals surface area contributed by atoms with Crippen LogP contribution in [-0.2, 0) is 13.2 Å². The number of likely N-dealkylation sites (tertiary alicyclic amines) is 1. The largest absolute Gasteiger partial charge is 0.489 e.